The van der Waals surface area contributed by atoms with Crippen molar-refractivity contribution in [1.29, 1.82) is 0 Å². The van der Waals surface area contributed by atoms with Crippen LogP contribution in [0.5, 0.6) is 0 Å². The molecule has 3 fully saturated rings. The van der Waals surface area contributed by atoms with Gasteiger partial charge in [-0.3, -0.25) is 4.79 Å². The van der Waals surface area contributed by atoms with Crippen molar-refractivity contribution >= 4 is 21.9 Å². The number of carbonyl (C=O) groups is 2. The Hall–Kier alpha value is -1.97. The molecule has 9 heteroatoms. The van der Waals surface area contributed by atoms with E-state index in [1.54, 1.807) is 17.0 Å². The molecular formula is C23H32N2O6S. The fourth-order valence-electron chi connectivity index (χ4n) is 5.49. The molecular weight excluding hydrogens is 432 g/mol. The third kappa shape index (κ3) is 4.30. The Morgan fingerprint density at radius 1 is 1.03 bits per heavy atom. The highest BCUT2D eigenvalue weighted by Crippen LogP contribution is 2.41. The van der Waals surface area contributed by atoms with Crippen LogP contribution in [0.4, 0.5) is 0 Å². The van der Waals surface area contributed by atoms with Gasteiger partial charge in [-0.1, -0.05) is 12.8 Å². The van der Waals surface area contributed by atoms with Crippen LogP contribution in [-0.2, 0) is 24.3 Å². The third-order valence-electron chi connectivity index (χ3n) is 6.92. The molecule has 4 rings (SSSR count). The van der Waals surface area contributed by atoms with Crippen molar-refractivity contribution in [3.8, 4) is 0 Å². The lowest BCUT2D eigenvalue weighted by Gasteiger charge is -2.34. The van der Waals surface area contributed by atoms with E-state index in [0.29, 0.717) is 31.0 Å². The highest BCUT2D eigenvalue weighted by Gasteiger charge is 2.48. The van der Waals surface area contributed by atoms with Crippen LogP contribution < -0.4 is 0 Å². The van der Waals surface area contributed by atoms with Crippen LogP contribution in [-0.4, -0.2) is 74.0 Å². The van der Waals surface area contributed by atoms with Gasteiger partial charge in [-0.2, -0.15) is 4.31 Å². The molecule has 1 aromatic carbocycles. The normalized spacial score (nSPS) is 31.2. The van der Waals surface area contributed by atoms with Crippen molar-refractivity contribution in [2.45, 2.75) is 75.1 Å². The molecule has 2 aliphatic heterocycles. The molecule has 1 saturated carbocycles. The zero-order valence-corrected chi connectivity index (χ0v) is 19.7. The number of hydrogen-bond acceptors (Lipinski definition) is 6. The first-order valence-corrected chi connectivity index (χ1v) is 12.8. The smallest absolute Gasteiger partial charge is 0.328 e. The number of esters is 1. The van der Waals surface area contributed by atoms with Crippen molar-refractivity contribution < 1.29 is 27.5 Å². The number of morpholine rings is 1. The van der Waals surface area contributed by atoms with Gasteiger partial charge in [0.15, 0.2) is 0 Å². The summed E-state index contributed by atoms with van der Waals surface area (Å²) >= 11 is 0. The zero-order valence-electron chi connectivity index (χ0n) is 18.9. The average Bonchev–Trinajstić information content (AvgIpc) is 3.17. The number of methoxy groups -OCH3 is 1. The third-order valence-corrected chi connectivity index (χ3v) is 8.77. The van der Waals surface area contributed by atoms with Crippen LogP contribution in [0.3, 0.4) is 0 Å². The minimum absolute atomic E-state index is 0.0279. The number of amides is 1. The van der Waals surface area contributed by atoms with Gasteiger partial charge < -0.3 is 14.4 Å². The largest absolute Gasteiger partial charge is 0.467 e. The summed E-state index contributed by atoms with van der Waals surface area (Å²) in [5, 5.41) is 0. The SMILES string of the molecule is COC(=O)[C@@H]1C[C@@H]2CCCC[C@@H]2N1C(=O)c1ccc(S(=O)(=O)N2C[C@@H](C)O[C@@H](C)C2)cc1. The molecule has 5 atom stereocenters. The first-order chi connectivity index (χ1) is 15.2. The van der Waals surface area contributed by atoms with E-state index in [-0.39, 0.29) is 35.0 Å². The molecule has 8 nitrogen and oxygen atoms in total. The summed E-state index contributed by atoms with van der Waals surface area (Å²) in [7, 11) is -2.34. The molecule has 2 saturated heterocycles. The van der Waals surface area contributed by atoms with Crippen molar-refractivity contribution in [3.63, 3.8) is 0 Å². The van der Waals surface area contributed by atoms with Gasteiger partial charge in [-0.25, -0.2) is 13.2 Å². The number of sulfonamides is 1. The number of ether oxygens (including phenoxy) is 2. The van der Waals surface area contributed by atoms with Gasteiger partial charge in [0, 0.05) is 24.7 Å². The highest BCUT2D eigenvalue weighted by atomic mass is 32.2. The number of fused-ring (bicyclic) bond motifs is 1. The van der Waals surface area contributed by atoms with Crippen LogP contribution in [0, 0.1) is 5.92 Å². The second-order valence-corrected chi connectivity index (χ2v) is 11.1. The molecule has 32 heavy (non-hydrogen) atoms. The first-order valence-electron chi connectivity index (χ1n) is 11.4. The monoisotopic (exact) mass is 464 g/mol. The summed E-state index contributed by atoms with van der Waals surface area (Å²) < 4.78 is 38.2. The van der Waals surface area contributed by atoms with Gasteiger partial charge in [0.2, 0.25) is 10.0 Å². The van der Waals surface area contributed by atoms with Gasteiger partial charge in [-0.05, 0) is 63.3 Å². The van der Waals surface area contributed by atoms with E-state index in [0.717, 1.165) is 25.7 Å². The second-order valence-electron chi connectivity index (χ2n) is 9.20. The summed E-state index contributed by atoms with van der Waals surface area (Å²) in [5.41, 5.74) is 0.382. The number of likely N-dealkylation sites (tertiary alicyclic amines) is 1. The Kier molecular flexibility index (Phi) is 6.61. The van der Waals surface area contributed by atoms with Gasteiger partial charge in [0.25, 0.3) is 5.91 Å². The van der Waals surface area contributed by atoms with E-state index in [9.17, 15) is 18.0 Å². The Bertz CT molecular complexity index is 953. The number of carbonyl (C=O) groups excluding carboxylic acids is 2. The number of nitrogens with zero attached hydrogens (tertiary/aromatic N) is 2. The van der Waals surface area contributed by atoms with Crippen LogP contribution in [0.2, 0.25) is 0 Å². The van der Waals surface area contributed by atoms with E-state index < -0.39 is 16.1 Å². The van der Waals surface area contributed by atoms with Crippen molar-refractivity contribution in [1.82, 2.24) is 9.21 Å². The minimum atomic E-state index is -3.68. The maximum Gasteiger partial charge on any atom is 0.328 e. The van der Waals surface area contributed by atoms with Crippen molar-refractivity contribution in [2.75, 3.05) is 20.2 Å². The summed E-state index contributed by atoms with van der Waals surface area (Å²) in [6, 6.07) is 5.50. The molecule has 0 N–H and O–H groups in total. The van der Waals surface area contributed by atoms with E-state index >= 15 is 0 Å². The highest BCUT2D eigenvalue weighted by molar-refractivity contribution is 7.89. The molecule has 0 unspecified atom stereocenters. The van der Waals surface area contributed by atoms with Gasteiger partial charge in [0.05, 0.1) is 24.2 Å². The number of benzene rings is 1. The minimum Gasteiger partial charge on any atom is -0.467 e. The fourth-order valence-corrected chi connectivity index (χ4v) is 7.08. The molecule has 1 aromatic rings. The molecule has 1 amide bonds. The Labute approximate surface area is 189 Å². The van der Waals surface area contributed by atoms with Gasteiger partial charge in [0.1, 0.15) is 6.04 Å². The number of hydrogen-bond donors (Lipinski definition) is 0. The van der Waals surface area contributed by atoms with E-state index in [1.165, 1.54) is 23.5 Å². The van der Waals surface area contributed by atoms with Crippen LogP contribution >= 0.6 is 0 Å². The second kappa shape index (κ2) is 9.11. The zero-order chi connectivity index (χ0) is 23.0. The quantitative estimate of drug-likeness (QED) is 0.636. The summed E-state index contributed by atoms with van der Waals surface area (Å²) in [4.78, 5) is 27.7. The number of rotatable bonds is 4. The topological polar surface area (TPSA) is 93.2 Å². The molecule has 0 spiro atoms. The Morgan fingerprint density at radius 2 is 1.66 bits per heavy atom. The van der Waals surface area contributed by atoms with Crippen molar-refractivity contribution in [2.24, 2.45) is 5.92 Å². The molecule has 3 aliphatic rings. The first kappa shape index (κ1) is 23.2. The molecule has 176 valence electrons. The van der Waals surface area contributed by atoms with E-state index in [2.05, 4.69) is 0 Å². The van der Waals surface area contributed by atoms with Crippen molar-refractivity contribution in [3.05, 3.63) is 29.8 Å². The molecule has 1 aliphatic carbocycles. The Balaban J connectivity index is 1.56. The lowest BCUT2D eigenvalue weighted by molar-refractivity contribution is -0.145. The van der Waals surface area contributed by atoms with Crippen LogP contribution in [0.25, 0.3) is 0 Å². The van der Waals surface area contributed by atoms with E-state index in [4.69, 9.17) is 9.47 Å². The maximum atomic E-state index is 13.4. The maximum absolute atomic E-state index is 13.4. The van der Waals surface area contributed by atoms with Crippen LogP contribution in [0.1, 0.15) is 56.3 Å². The van der Waals surface area contributed by atoms with Gasteiger partial charge in [-0.15, -0.1) is 0 Å². The van der Waals surface area contributed by atoms with Gasteiger partial charge >= 0.3 is 5.97 Å². The standard InChI is InChI=1S/C23H32N2O6S/c1-15-13-24(14-16(2)31-15)32(28,29)19-10-8-17(9-11-19)22(26)25-20-7-5-4-6-18(20)12-21(25)23(27)30-3/h8-11,15-16,18,20-21H,4-7,12-14H2,1-3H3/t15-,16+,18-,20-,21-/m0/s1. The fraction of sp³-hybridized carbons (Fsp3) is 0.652. The lowest BCUT2D eigenvalue weighted by Crippen LogP contribution is -2.48. The lowest BCUT2D eigenvalue weighted by atomic mass is 9.84. The summed E-state index contributed by atoms with van der Waals surface area (Å²) in [5.74, 6) is -0.323. The summed E-state index contributed by atoms with van der Waals surface area (Å²) in [6.45, 7) is 4.30. The molecule has 0 radical (unpaired) electrons. The Morgan fingerprint density at radius 3 is 2.28 bits per heavy atom. The molecule has 0 aromatic heterocycles. The van der Waals surface area contributed by atoms with E-state index in [1.807, 2.05) is 13.8 Å². The van der Waals surface area contributed by atoms with Crippen LogP contribution in [0.15, 0.2) is 29.2 Å². The predicted octanol–water partition coefficient (Wildman–Crippen LogP) is 2.43. The molecule has 2 heterocycles. The average molecular weight is 465 g/mol. The summed E-state index contributed by atoms with van der Waals surface area (Å²) in [6.07, 6.45) is 4.31. The molecule has 0 bridgehead atoms. The predicted molar refractivity (Wildman–Crippen MR) is 118 cm³/mol.